The largest absolute Gasteiger partial charge is 0.381 e. The van der Waals surface area contributed by atoms with Crippen LogP contribution in [0.25, 0.3) is 0 Å². The van der Waals surface area contributed by atoms with Crippen LogP contribution in [0.5, 0.6) is 0 Å². The summed E-state index contributed by atoms with van der Waals surface area (Å²) in [4.78, 5) is 10.6. The number of halogens is 1. The summed E-state index contributed by atoms with van der Waals surface area (Å²) >= 11 is 0. The van der Waals surface area contributed by atoms with E-state index in [1.165, 1.54) is 12.1 Å². The van der Waals surface area contributed by atoms with Crippen LogP contribution in [0.1, 0.15) is 18.9 Å². The molecule has 1 aliphatic heterocycles. The van der Waals surface area contributed by atoms with Crippen molar-refractivity contribution >= 4 is 5.69 Å². The first-order chi connectivity index (χ1) is 9.61. The predicted octanol–water partition coefficient (Wildman–Crippen LogP) is 2.29. The number of nitro benzene ring substituents is 1. The number of nitrogens with zero attached hydrogens (tertiary/aromatic N) is 1. The lowest BCUT2D eigenvalue weighted by atomic mass is 9.89. The van der Waals surface area contributed by atoms with E-state index >= 15 is 0 Å². The highest BCUT2D eigenvalue weighted by Gasteiger charge is 2.27. The van der Waals surface area contributed by atoms with E-state index in [1.807, 2.05) is 6.92 Å². The first-order valence-electron chi connectivity index (χ1n) is 6.85. The summed E-state index contributed by atoms with van der Waals surface area (Å²) in [6.07, 6.45) is 1.33. The van der Waals surface area contributed by atoms with Crippen molar-refractivity contribution in [2.75, 3.05) is 19.8 Å². The zero-order chi connectivity index (χ0) is 14.5. The van der Waals surface area contributed by atoms with Crippen molar-refractivity contribution in [1.82, 2.24) is 5.32 Å². The summed E-state index contributed by atoms with van der Waals surface area (Å²) in [5, 5.41) is 14.4. The van der Waals surface area contributed by atoms with Gasteiger partial charge in [-0.15, -0.1) is 0 Å². The average molecular weight is 282 g/mol. The molecular weight excluding hydrogens is 263 g/mol. The van der Waals surface area contributed by atoms with Crippen LogP contribution >= 0.6 is 0 Å². The highest BCUT2D eigenvalue weighted by atomic mass is 19.1. The molecule has 0 spiro atoms. The van der Waals surface area contributed by atoms with Crippen LogP contribution in [0.3, 0.4) is 0 Å². The molecule has 1 aromatic rings. The molecular formula is C14H19FN2O3. The van der Waals surface area contributed by atoms with Crippen molar-refractivity contribution in [2.45, 2.75) is 25.8 Å². The lowest BCUT2D eigenvalue weighted by Crippen LogP contribution is -2.43. The third kappa shape index (κ3) is 3.52. The number of hydrogen-bond donors (Lipinski definition) is 1. The summed E-state index contributed by atoms with van der Waals surface area (Å²) < 4.78 is 18.8. The minimum absolute atomic E-state index is 0.0211. The second kappa shape index (κ2) is 6.76. The summed E-state index contributed by atoms with van der Waals surface area (Å²) in [5.74, 6) is -0.313. The average Bonchev–Trinajstić information content (AvgIpc) is 2.41. The van der Waals surface area contributed by atoms with Crippen molar-refractivity contribution in [3.05, 3.63) is 39.7 Å². The lowest BCUT2D eigenvalue weighted by molar-refractivity contribution is -0.385. The lowest BCUT2D eigenvalue weighted by Gasteiger charge is -2.32. The Balaban J connectivity index is 2.18. The highest BCUT2D eigenvalue weighted by molar-refractivity contribution is 5.40. The predicted molar refractivity (Wildman–Crippen MR) is 73.1 cm³/mol. The molecule has 2 unspecified atom stereocenters. The van der Waals surface area contributed by atoms with E-state index in [1.54, 1.807) is 0 Å². The Bertz CT molecular complexity index is 479. The van der Waals surface area contributed by atoms with Gasteiger partial charge in [0.25, 0.3) is 5.69 Å². The Labute approximate surface area is 117 Å². The maximum absolute atomic E-state index is 13.3. The van der Waals surface area contributed by atoms with Crippen molar-refractivity contribution in [1.29, 1.82) is 0 Å². The molecule has 1 fully saturated rings. The van der Waals surface area contributed by atoms with E-state index in [9.17, 15) is 14.5 Å². The van der Waals surface area contributed by atoms with Crippen LogP contribution in [-0.2, 0) is 11.2 Å². The third-order valence-corrected chi connectivity index (χ3v) is 3.66. The Morgan fingerprint density at radius 3 is 3.05 bits per heavy atom. The molecule has 2 rings (SSSR count). The Morgan fingerprint density at radius 1 is 1.55 bits per heavy atom. The molecule has 5 nitrogen and oxygen atoms in total. The Hall–Kier alpha value is -1.53. The topological polar surface area (TPSA) is 64.4 Å². The minimum Gasteiger partial charge on any atom is -0.381 e. The molecule has 1 N–H and O–H groups in total. The van der Waals surface area contributed by atoms with Crippen LogP contribution in [0.4, 0.5) is 10.1 Å². The molecule has 1 aromatic carbocycles. The van der Waals surface area contributed by atoms with Gasteiger partial charge in [0.1, 0.15) is 5.82 Å². The molecule has 1 aliphatic rings. The van der Waals surface area contributed by atoms with Gasteiger partial charge < -0.3 is 10.1 Å². The van der Waals surface area contributed by atoms with Gasteiger partial charge in [0.2, 0.25) is 0 Å². The normalized spacial score (nSPS) is 22.7. The SMILES string of the molecule is CCNC1CCOCC1Cc1cc(F)ccc1[N+](=O)[O-]. The molecule has 20 heavy (non-hydrogen) atoms. The van der Waals surface area contributed by atoms with Gasteiger partial charge in [-0.3, -0.25) is 10.1 Å². The molecule has 2 atom stereocenters. The van der Waals surface area contributed by atoms with E-state index in [0.29, 0.717) is 25.2 Å². The summed E-state index contributed by atoms with van der Waals surface area (Å²) in [7, 11) is 0. The molecule has 1 heterocycles. The van der Waals surface area contributed by atoms with E-state index in [-0.39, 0.29) is 17.6 Å². The zero-order valence-electron chi connectivity index (χ0n) is 11.5. The molecule has 0 bridgehead atoms. The van der Waals surface area contributed by atoms with Gasteiger partial charge in [0.05, 0.1) is 11.5 Å². The minimum atomic E-state index is -0.458. The van der Waals surface area contributed by atoms with Gasteiger partial charge in [-0.1, -0.05) is 6.92 Å². The number of benzene rings is 1. The second-order valence-corrected chi connectivity index (χ2v) is 5.02. The molecule has 0 aliphatic carbocycles. The number of nitro groups is 1. The summed E-state index contributed by atoms with van der Waals surface area (Å²) in [6.45, 7) is 4.11. The van der Waals surface area contributed by atoms with Crippen LogP contribution in [0.15, 0.2) is 18.2 Å². The van der Waals surface area contributed by atoms with E-state index < -0.39 is 10.7 Å². The fraction of sp³-hybridized carbons (Fsp3) is 0.571. The molecule has 0 aromatic heterocycles. The first kappa shape index (κ1) is 14.9. The van der Waals surface area contributed by atoms with Gasteiger partial charge in [-0.25, -0.2) is 4.39 Å². The van der Waals surface area contributed by atoms with E-state index in [0.717, 1.165) is 19.0 Å². The van der Waals surface area contributed by atoms with Gasteiger partial charge in [-0.2, -0.15) is 0 Å². The molecule has 0 radical (unpaired) electrons. The van der Waals surface area contributed by atoms with Crippen molar-refractivity contribution in [3.8, 4) is 0 Å². The maximum atomic E-state index is 13.3. The monoisotopic (exact) mass is 282 g/mol. The molecule has 0 amide bonds. The molecule has 6 heteroatoms. The molecule has 1 saturated heterocycles. The van der Waals surface area contributed by atoms with Gasteiger partial charge in [0, 0.05) is 30.2 Å². The summed E-state index contributed by atoms with van der Waals surface area (Å²) in [6, 6.07) is 3.88. The van der Waals surface area contributed by atoms with Gasteiger partial charge >= 0.3 is 0 Å². The van der Waals surface area contributed by atoms with Crippen LogP contribution < -0.4 is 5.32 Å². The Morgan fingerprint density at radius 2 is 2.35 bits per heavy atom. The van der Waals surface area contributed by atoms with Gasteiger partial charge in [0.15, 0.2) is 0 Å². The number of rotatable bonds is 5. The smallest absolute Gasteiger partial charge is 0.272 e. The van der Waals surface area contributed by atoms with Crippen LogP contribution in [0.2, 0.25) is 0 Å². The summed E-state index contributed by atoms with van der Waals surface area (Å²) in [5.41, 5.74) is 0.417. The maximum Gasteiger partial charge on any atom is 0.272 e. The number of hydrogen-bond acceptors (Lipinski definition) is 4. The first-order valence-corrected chi connectivity index (χ1v) is 6.85. The fourth-order valence-electron chi connectivity index (χ4n) is 2.71. The molecule has 110 valence electrons. The zero-order valence-corrected chi connectivity index (χ0v) is 11.5. The highest BCUT2D eigenvalue weighted by Crippen LogP contribution is 2.26. The number of ether oxygens (including phenoxy) is 1. The van der Waals surface area contributed by atoms with Gasteiger partial charge in [-0.05, 0) is 31.5 Å². The van der Waals surface area contributed by atoms with Crippen molar-refractivity contribution in [2.24, 2.45) is 5.92 Å². The van der Waals surface area contributed by atoms with Crippen molar-refractivity contribution in [3.63, 3.8) is 0 Å². The Kier molecular flexibility index (Phi) is 5.03. The van der Waals surface area contributed by atoms with E-state index in [2.05, 4.69) is 5.32 Å². The van der Waals surface area contributed by atoms with E-state index in [4.69, 9.17) is 4.74 Å². The fourth-order valence-corrected chi connectivity index (χ4v) is 2.71. The quantitative estimate of drug-likeness (QED) is 0.665. The third-order valence-electron chi connectivity index (χ3n) is 3.66. The second-order valence-electron chi connectivity index (χ2n) is 5.02. The number of nitrogens with one attached hydrogen (secondary N) is 1. The van der Waals surface area contributed by atoms with Crippen molar-refractivity contribution < 1.29 is 14.1 Å². The molecule has 0 saturated carbocycles. The standard InChI is InChI=1S/C14H19FN2O3/c1-2-16-13-5-6-20-9-11(13)7-10-8-12(15)3-4-14(10)17(18)19/h3-4,8,11,13,16H,2,5-7,9H2,1H3. The van der Waals surface area contributed by atoms with Crippen LogP contribution in [0, 0.1) is 21.8 Å². The van der Waals surface area contributed by atoms with Crippen LogP contribution in [-0.4, -0.2) is 30.7 Å².